The number of aromatic amines is 1. The third-order valence-electron chi connectivity index (χ3n) is 8.04. The number of carbonyl (C=O) groups is 1. The van der Waals surface area contributed by atoms with E-state index in [1.54, 1.807) is 17.0 Å². The molecule has 2 N–H and O–H groups in total. The van der Waals surface area contributed by atoms with Gasteiger partial charge in [-0.25, -0.2) is 19.3 Å². The van der Waals surface area contributed by atoms with Crippen molar-refractivity contribution in [3.63, 3.8) is 0 Å². The van der Waals surface area contributed by atoms with Gasteiger partial charge in [0.05, 0.1) is 11.9 Å². The van der Waals surface area contributed by atoms with Gasteiger partial charge in [0.25, 0.3) is 5.91 Å². The van der Waals surface area contributed by atoms with Gasteiger partial charge in [-0.2, -0.15) is 0 Å². The standard InChI is InChI=1S/C30H36FN9O2/c1-4-38-11-15-39(16-12-38)21-5-8-25(32-18-21)36-28-26(30(41)40-13-9-37(3)10-14-40)29(34-19-33-28)42-24-7-6-23-22(27(24)31)17-20(2)35-23/h5-8,17-19,35H,4,9-16H2,1-3H3,(H,32,33,34,36). The highest BCUT2D eigenvalue weighted by atomic mass is 19.1. The summed E-state index contributed by atoms with van der Waals surface area (Å²) in [5.74, 6) is -0.0831. The Morgan fingerprint density at radius 3 is 2.52 bits per heavy atom. The van der Waals surface area contributed by atoms with Gasteiger partial charge in [0.2, 0.25) is 5.88 Å². The number of carbonyl (C=O) groups excluding carboxylic acids is 1. The van der Waals surface area contributed by atoms with Crippen LogP contribution in [0.15, 0.2) is 42.9 Å². The lowest BCUT2D eigenvalue weighted by Crippen LogP contribution is -2.47. The molecule has 1 aromatic carbocycles. The second kappa shape index (κ2) is 11.9. The van der Waals surface area contributed by atoms with E-state index in [2.05, 4.69) is 46.9 Å². The molecule has 12 heteroatoms. The topological polar surface area (TPSA) is 106 Å². The molecule has 2 aliphatic heterocycles. The number of hydrogen-bond acceptors (Lipinski definition) is 9. The Kier molecular flexibility index (Phi) is 7.90. The van der Waals surface area contributed by atoms with E-state index >= 15 is 4.39 Å². The minimum Gasteiger partial charge on any atom is -0.435 e. The van der Waals surface area contributed by atoms with Crippen LogP contribution in [-0.2, 0) is 0 Å². The molecule has 2 aliphatic rings. The number of rotatable bonds is 7. The highest BCUT2D eigenvalue weighted by Gasteiger charge is 2.29. The molecule has 220 valence electrons. The van der Waals surface area contributed by atoms with E-state index in [0.29, 0.717) is 29.8 Å². The predicted molar refractivity (Wildman–Crippen MR) is 160 cm³/mol. The van der Waals surface area contributed by atoms with Crippen molar-refractivity contribution in [2.75, 3.05) is 76.2 Å². The lowest BCUT2D eigenvalue weighted by atomic mass is 10.2. The molecule has 42 heavy (non-hydrogen) atoms. The Morgan fingerprint density at radius 1 is 1.02 bits per heavy atom. The van der Waals surface area contributed by atoms with Gasteiger partial charge < -0.3 is 34.6 Å². The van der Waals surface area contributed by atoms with Gasteiger partial charge >= 0.3 is 0 Å². The zero-order valence-electron chi connectivity index (χ0n) is 24.2. The Balaban J connectivity index is 1.30. The SMILES string of the molecule is CCN1CCN(c2ccc(Nc3ncnc(Oc4ccc5[nH]c(C)cc5c4F)c3C(=O)N3CCN(C)CC3)nc2)CC1. The number of hydrogen-bond donors (Lipinski definition) is 2. The summed E-state index contributed by atoms with van der Waals surface area (Å²) < 4.78 is 21.5. The number of piperazine rings is 2. The van der Waals surface area contributed by atoms with Crippen LogP contribution in [0.2, 0.25) is 0 Å². The van der Waals surface area contributed by atoms with Crippen LogP contribution in [0, 0.1) is 12.7 Å². The lowest BCUT2D eigenvalue weighted by molar-refractivity contribution is 0.0661. The average Bonchev–Trinajstić information content (AvgIpc) is 3.40. The van der Waals surface area contributed by atoms with Gasteiger partial charge in [0.1, 0.15) is 17.7 Å². The van der Waals surface area contributed by atoms with Crippen LogP contribution >= 0.6 is 0 Å². The molecule has 0 bridgehead atoms. The Bertz CT molecular complexity index is 1560. The molecular weight excluding hydrogens is 537 g/mol. The van der Waals surface area contributed by atoms with Crippen molar-refractivity contribution in [1.29, 1.82) is 0 Å². The lowest BCUT2D eigenvalue weighted by Gasteiger charge is -2.35. The molecule has 0 atom stereocenters. The van der Waals surface area contributed by atoms with Gasteiger partial charge in [-0.05, 0) is 50.8 Å². The number of nitrogens with zero attached hydrogens (tertiary/aromatic N) is 7. The highest BCUT2D eigenvalue weighted by molar-refractivity contribution is 6.01. The van der Waals surface area contributed by atoms with Gasteiger partial charge in [0.15, 0.2) is 17.4 Å². The van der Waals surface area contributed by atoms with Crippen LogP contribution in [0.5, 0.6) is 11.6 Å². The minimum absolute atomic E-state index is 0.0210. The summed E-state index contributed by atoms with van der Waals surface area (Å²) in [4.78, 5) is 39.0. The van der Waals surface area contributed by atoms with Crippen molar-refractivity contribution in [3.05, 3.63) is 59.9 Å². The summed E-state index contributed by atoms with van der Waals surface area (Å²) in [5.41, 5.74) is 2.68. The van der Waals surface area contributed by atoms with E-state index < -0.39 is 5.82 Å². The number of likely N-dealkylation sites (N-methyl/N-ethyl adjacent to an activating group) is 2. The molecule has 3 aromatic heterocycles. The van der Waals surface area contributed by atoms with E-state index in [0.717, 1.165) is 57.2 Å². The summed E-state index contributed by atoms with van der Waals surface area (Å²) in [6.07, 6.45) is 3.13. The van der Waals surface area contributed by atoms with E-state index in [1.165, 1.54) is 12.4 Å². The molecule has 2 fully saturated rings. The van der Waals surface area contributed by atoms with Gasteiger partial charge in [-0.15, -0.1) is 0 Å². The van der Waals surface area contributed by atoms with Crippen LogP contribution in [0.25, 0.3) is 10.9 Å². The molecule has 11 nitrogen and oxygen atoms in total. The maximum atomic E-state index is 15.5. The van der Waals surface area contributed by atoms with Crippen molar-refractivity contribution in [3.8, 4) is 11.6 Å². The molecule has 2 saturated heterocycles. The van der Waals surface area contributed by atoms with Gasteiger partial charge in [0, 0.05) is 69.0 Å². The Hall–Kier alpha value is -4.29. The number of anilines is 3. The van der Waals surface area contributed by atoms with E-state index in [-0.39, 0.29) is 28.9 Å². The maximum Gasteiger partial charge on any atom is 0.263 e. The fraction of sp³-hybridized carbons (Fsp3) is 0.400. The average molecular weight is 574 g/mol. The summed E-state index contributed by atoms with van der Waals surface area (Å²) in [6.45, 7) is 11.6. The highest BCUT2D eigenvalue weighted by Crippen LogP contribution is 2.34. The first-order valence-corrected chi connectivity index (χ1v) is 14.4. The molecule has 5 heterocycles. The molecule has 0 unspecified atom stereocenters. The molecule has 4 aromatic rings. The number of amides is 1. The van der Waals surface area contributed by atoms with Crippen LogP contribution in [-0.4, -0.2) is 106 Å². The monoisotopic (exact) mass is 573 g/mol. The first-order valence-electron chi connectivity index (χ1n) is 14.4. The number of aromatic nitrogens is 4. The number of fused-ring (bicyclic) bond motifs is 1. The fourth-order valence-electron chi connectivity index (χ4n) is 5.46. The number of pyridine rings is 1. The van der Waals surface area contributed by atoms with Crippen LogP contribution in [0.4, 0.5) is 21.7 Å². The van der Waals surface area contributed by atoms with Crippen LogP contribution in [0.3, 0.4) is 0 Å². The third kappa shape index (κ3) is 5.72. The summed E-state index contributed by atoms with van der Waals surface area (Å²) in [5, 5.41) is 3.60. The van der Waals surface area contributed by atoms with E-state index in [4.69, 9.17) is 4.74 Å². The quantitative estimate of drug-likeness (QED) is 0.341. The van der Waals surface area contributed by atoms with Crippen molar-refractivity contribution in [1.82, 2.24) is 34.6 Å². The smallest absolute Gasteiger partial charge is 0.263 e. The number of aryl methyl sites for hydroxylation is 1. The molecule has 0 saturated carbocycles. The Morgan fingerprint density at radius 2 is 1.81 bits per heavy atom. The number of benzene rings is 1. The first kappa shape index (κ1) is 27.9. The summed E-state index contributed by atoms with van der Waals surface area (Å²) in [7, 11) is 2.02. The maximum absolute atomic E-state index is 15.5. The van der Waals surface area contributed by atoms with Crippen LogP contribution < -0.4 is 15.0 Å². The number of ether oxygens (including phenoxy) is 1. The fourth-order valence-corrected chi connectivity index (χ4v) is 5.46. The molecule has 6 rings (SSSR count). The largest absolute Gasteiger partial charge is 0.435 e. The van der Waals surface area contributed by atoms with Crippen molar-refractivity contribution in [2.24, 2.45) is 0 Å². The zero-order chi connectivity index (χ0) is 29.2. The van der Waals surface area contributed by atoms with E-state index in [9.17, 15) is 4.79 Å². The molecular formula is C30H36FN9O2. The summed E-state index contributed by atoms with van der Waals surface area (Å²) >= 11 is 0. The predicted octanol–water partition coefficient (Wildman–Crippen LogP) is 3.87. The van der Waals surface area contributed by atoms with Crippen molar-refractivity contribution in [2.45, 2.75) is 13.8 Å². The Labute approximate surface area is 244 Å². The molecule has 0 radical (unpaired) electrons. The molecule has 0 aliphatic carbocycles. The molecule has 0 spiro atoms. The van der Waals surface area contributed by atoms with E-state index in [1.807, 2.05) is 32.3 Å². The second-order valence-electron chi connectivity index (χ2n) is 10.8. The normalized spacial score (nSPS) is 16.7. The zero-order valence-corrected chi connectivity index (χ0v) is 24.2. The first-order chi connectivity index (χ1) is 20.4. The molecule has 1 amide bonds. The number of halogens is 1. The minimum atomic E-state index is -0.528. The number of nitrogens with one attached hydrogen (secondary N) is 2. The van der Waals surface area contributed by atoms with Crippen LogP contribution in [0.1, 0.15) is 23.0 Å². The van der Waals surface area contributed by atoms with Crippen molar-refractivity contribution >= 4 is 34.1 Å². The van der Waals surface area contributed by atoms with Gasteiger partial charge in [-0.3, -0.25) is 4.79 Å². The van der Waals surface area contributed by atoms with Gasteiger partial charge in [-0.1, -0.05) is 6.92 Å². The second-order valence-corrected chi connectivity index (χ2v) is 10.8. The summed E-state index contributed by atoms with van der Waals surface area (Å²) in [6, 6.07) is 8.89. The number of H-pyrrole nitrogens is 1. The third-order valence-corrected chi connectivity index (χ3v) is 8.04. The van der Waals surface area contributed by atoms with Crippen molar-refractivity contribution < 1.29 is 13.9 Å².